The molecular weight excluding hydrogens is 1010 g/mol. The van der Waals surface area contributed by atoms with Gasteiger partial charge in [-0.05, 0) is 72.7 Å². The highest BCUT2D eigenvalue weighted by Gasteiger charge is 2.43. The number of carbonyl (C=O) groups excluding carboxylic acids is 4. The Labute approximate surface area is 426 Å². The first-order chi connectivity index (χ1) is 33.7. The monoisotopic (exact) mass is 1070 g/mol. The van der Waals surface area contributed by atoms with Gasteiger partial charge in [0.1, 0.15) is 30.2 Å². The van der Waals surface area contributed by atoms with Crippen LogP contribution in [-0.4, -0.2) is 149 Å². The molecular formula is C47H60Cl2N6O12S3. The van der Waals surface area contributed by atoms with Gasteiger partial charge in [0.15, 0.2) is 0 Å². The topological polar surface area (TPSA) is 240 Å². The van der Waals surface area contributed by atoms with Crippen LogP contribution in [0.1, 0.15) is 49.7 Å². The molecule has 0 saturated carbocycles. The maximum atomic E-state index is 13.5. The fourth-order valence-electron chi connectivity index (χ4n) is 8.46. The Bertz CT molecular complexity index is 2380. The number of nitrogens with zero attached hydrogens (tertiary/aromatic N) is 1. The summed E-state index contributed by atoms with van der Waals surface area (Å²) < 4.78 is 50.7. The number of hydrogen-bond donors (Lipinski definition) is 6. The molecule has 3 aromatic rings. The Kier molecular flexibility index (Phi) is 21.0. The first kappa shape index (κ1) is 54.8. The highest BCUT2D eigenvalue weighted by Crippen LogP contribution is 2.41. The van der Waals surface area contributed by atoms with Gasteiger partial charge in [0.05, 0.1) is 56.6 Å². The number of halogens is 2. The van der Waals surface area contributed by atoms with Crippen LogP contribution in [0.25, 0.3) is 11.1 Å². The number of urea groups is 1. The smallest absolute Gasteiger partial charge is 0.326 e. The number of nitrogens with one attached hydrogen (secondary N) is 5. The third-order valence-electron chi connectivity index (χ3n) is 11.9. The molecule has 3 fully saturated rings. The molecule has 23 heteroatoms. The number of sulfonamides is 1. The van der Waals surface area contributed by atoms with Crippen LogP contribution in [0, 0.1) is 0 Å². The SMILES string of the molecule is COc1cc(CSCCOCCOCC(=O)NCCNC(=O)CCCC[C@H]2SC[C@H]3NC(=O)N[C@H]32)cc(OC)c1-c1ccc(C[C@H](NC(=O)[C@@H]2CCCN2S(=O)(=O)c2cc(Cl)cc(Cl)c2)C(=O)O)cc1. The number of thioether (sulfide) groups is 2. The molecule has 0 spiro atoms. The maximum Gasteiger partial charge on any atom is 0.326 e. The summed E-state index contributed by atoms with van der Waals surface area (Å²) in [4.78, 5) is 61.5. The first-order valence-corrected chi connectivity index (χ1v) is 27.4. The summed E-state index contributed by atoms with van der Waals surface area (Å²) in [6.07, 6.45) is 3.62. The molecule has 6 N–H and O–H groups in total. The number of carbonyl (C=O) groups is 5. The fourth-order valence-corrected chi connectivity index (χ4v) is 13.2. The van der Waals surface area contributed by atoms with E-state index in [4.69, 9.17) is 42.1 Å². The number of methoxy groups -OCH3 is 2. The zero-order valence-electron chi connectivity index (χ0n) is 39.0. The summed E-state index contributed by atoms with van der Waals surface area (Å²) in [7, 11) is -1.02. The molecule has 18 nitrogen and oxygen atoms in total. The van der Waals surface area contributed by atoms with Gasteiger partial charge in [-0.15, -0.1) is 0 Å². The second-order valence-corrected chi connectivity index (χ2v) is 22.0. The standard InChI is InChI=1S/C47H60Cl2N6O12S3/c1-64-38-21-30(27-68-19-18-66-16-17-67-26-42(57)51-14-13-50-41(56)8-4-3-7-40-44-36(28-69-40)53-47(61)54-44)22-39(65-2)43(38)31-11-9-29(10-12-31)20-35(46(59)60)52-45(58)37-6-5-15-55(37)70(62,63)34-24-32(48)23-33(49)25-34/h9-12,21-25,35-37,40,44H,3-8,13-20,26-28H2,1-2H3,(H,50,56)(H,51,57)(H,52,58)(H,59,60)(H2,53,54,61)/t35-,36+,37-,40+,44+/m0/s1. The Morgan fingerprint density at radius 1 is 0.900 bits per heavy atom. The van der Waals surface area contributed by atoms with Crippen LogP contribution in [0.2, 0.25) is 10.0 Å². The summed E-state index contributed by atoms with van der Waals surface area (Å²) in [6.45, 7) is 1.65. The van der Waals surface area contributed by atoms with Crippen molar-refractivity contribution in [2.24, 2.45) is 0 Å². The molecule has 3 aliphatic heterocycles. The second-order valence-electron chi connectivity index (χ2n) is 16.8. The van der Waals surface area contributed by atoms with Gasteiger partial charge in [-0.25, -0.2) is 18.0 Å². The molecule has 382 valence electrons. The third-order valence-corrected chi connectivity index (χ3v) is 16.7. The van der Waals surface area contributed by atoms with E-state index in [1.54, 1.807) is 38.1 Å². The zero-order chi connectivity index (χ0) is 50.2. The number of benzene rings is 3. The van der Waals surface area contributed by atoms with Gasteiger partial charge in [0.25, 0.3) is 0 Å². The molecule has 3 heterocycles. The van der Waals surface area contributed by atoms with Gasteiger partial charge in [-0.3, -0.25) is 14.4 Å². The minimum Gasteiger partial charge on any atom is -0.496 e. The van der Waals surface area contributed by atoms with E-state index in [0.717, 1.165) is 40.4 Å². The number of unbranched alkanes of at least 4 members (excludes halogenated alkanes) is 1. The van der Waals surface area contributed by atoms with Crippen LogP contribution in [0.4, 0.5) is 4.79 Å². The van der Waals surface area contributed by atoms with E-state index < -0.39 is 34.0 Å². The van der Waals surface area contributed by atoms with Gasteiger partial charge in [-0.1, -0.05) is 53.9 Å². The zero-order valence-corrected chi connectivity index (χ0v) is 42.9. The Morgan fingerprint density at radius 3 is 2.27 bits per heavy atom. The van der Waals surface area contributed by atoms with E-state index in [-0.39, 0.29) is 77.5 Å². The normalized spacial score (nSPS) is 19.2. The van der Waals surface area contributed by atoms with Crippen molar-refractivity contribution in [3.63, 3.8) is 0 Å². The van der Waals surface area contributed by atoms with E-state index in [2.05, 4.69) is 26.6 Å². The summed E-state index contributed by atoms with van der Waals surface area (Å²) in [5, 5.41) is 24.7. The third kappa shape index (κ3) is 15.5. The number of amides is 5. The van der Waals surface area contributed by atoms with Crippen molar-refractivity contribution in [1.29, 1.82) is 0 Å². The van der Waals surface area contributed by atoms with Gasteiger partial charge in [-0.2, -0.15) is 27.8 Å². The van der Waals surface area contributed by atoms with Crippen LogP contribution >= 0.6 is 46.7 Å². The lowest BCUT2D eigenvalue weighted by atomic mass is 9.98. The first-order valence-electron chi connectivity index (χ1n) is 23.0. The van der Waals surface area contributed by atoms with Crippen molar-refractivity contribution in [3.05, 3.63) is 75.8 Å². The molecule has 0 aliphatic carbocycles. The van der Waals surface area contributed by atoms with Crippen LogP contribution in [0.5, 0.6) is 11.5 Å². The Hall–Kier alpha value is -4.48. The largest absolute Gasteiger partial charge is 0.496 e. The van der Waals surface area contributed by atoms with Crippen molar-refractivity contribution in [2.45, 2.75) is 85.0 Å². The van der Waals surface area contributed by atoms with E-state index in [0.29, 0.717) is 78.5 Å². The predicted molar refractivity (Wildman–Crippen MR) is 269 cm³/mol. The van der Waals surface area contributed by atoms with Crippen molar-refractivity contribution in [2.75, 3.05) is 71.8 Å². The van der Waals surface area contributed by atoms with Crippen LogP contribution in [0.3, 0.4) is 0 Å². The number of aliphatic carboxylic acids is 1. The lowest BCUT2D eigenvalue weighted by Gasteiger charge is -2.25. The number of carboxylic acids is 1. The van der Waals surface area contributed by atoms with Crippen molar-refractivity contribution < 1.29 is 56.4 Å². The fraction of sp³-hybridized carbons (Fsp3) is 0.511. The summed E-state index contributed by atoms with van der Waals surface area (Å²) >= 11 is 15.6. The number of rotatable bonds is 28. The van der Waals surface area contributed by atoms with E-state index in [1.165, 1.54) is 18.2 Å². The van der Waals surface area contributed by atoms with Crippen molar-refractivity contribution in [3.8, 4) is 22.6 Å². The van der Waals surface area contributed by atoms with Crippen LogP contribution in [-0.2, 0) is 50.8 Å². The number of fused-ring (bicyclic) bond motifs is 1. The molecule has 0 bridgehead atoms. The Morgan fingerprint density at radius 2 is 1.59 bits per heavy atom. The minimum atomic E-state index is -4.16. The van der Waals surface area contributed by atoms with E-state index in [9.17, 15) is 37.5 Å². The van der Waals surface area contributed by atoms with Crippen LogP contribution in [0.15, 0.2) is 59.5 Å². The van der Waals surface area contributed by atoms with Crippen molar-refractivity contribution >= 4 is 86.5 Å². The average Bonchev–Trinajstić information content (AvgIpc) is 4.08. The molecule has 0 radical (unpaired) electrons. The van der Waals surface area contributed by atoms with Gasteiger partial charge in [0, 0.05) is 65.0 Å². The second kappa shape index (κ2) is 26.8. The number of ether oxygens (including phenoxy) is 4. The Balaban J connectivity index is 0.855. The lowest BCUT2D eigenvalue weighted by molar-refractivity contribution is -0.142. The molecule has 3 aromatic carbocycles. The maximum absolute atomic E-state index is 13.5. The highest BCUT2D eigenvalue weighted by atomic mass is 35.5. The molecule has 70 heavy (non-hydrogen) atoms. The quantitative estimate of drug-likeness (QED) is 0.0421. The molecule has 5 amide bonds. The number of hydrogen-bond acceptors (Lipinski definition) is 13. The molecule has 6 rings (SSSR count). The minimum absolute atomic E-state index is 0.0541. The predicted octanol–water partition coefficient (Wildman–Crippen LogP) is 4.87. The summed E-state index contributed by atoms with van der Waals surface area (Å²) in [5.74, 6) is 1.11. The lowest BCUT2D eigenvalue weighted by Crippen LogP contribution is -2.51. The van der Waals surface area contributed by atoms with E-state index in [1.807, 2.05) is 36.0 Å². The van der Waals surface area contributed by atoms with Gasteiger partial charge in [0.2, 0.25) is 27.7 Å². The van der Waals surface area contributed by atoms with Gasteiger partial charge >= 0.3 is 12.0 Å². The molecule has 3 aliphatic rings. The number of carboxylic acid groups (broad SMARTS) is 1. The van der Waals surface area contributed by atoms with Gasteiger partial charge < -0.3 is 50.6 Å². The summed E-state index contributed by atoms with van der Waals surface area (Å²) in [6, 6.07) is 12.8. The summed E-state index contributed by atoms with van der Waals surface area (Å²) in [5.41, 5.74) is 3.05. The van der Waals surface area contributed by atoms with Crippen molar-refractivity contribution in [1.82, 2.24) is 30.9 Å². The van der Waals surface area contributed by atoms with E-state index >= 15 is 0 Å². The molecule has 0 unspecified atom stereocenters. The molecule has 3 saturated heterocycles. The average molecular weight is 1070 g/mol. The van der Waals surface area contributed by atoms with Crippen LogP contribution < -0.4 is 36.1 Å². The highest BCUT2D eigenvalue weighted by molar-refractivity contribution is 8.00. The molecule has 0 aromatic heterocycles. The molecule has 5 atom stereocenters.